The van der Waals surface area contributed by atoms with Crippen LogP contribution in [0.3, 0.4) is 0 Å². The van der Waals surface area contributed by atoms with Crippen LogP contribution in [0.4, 0.5) is 0 Å². The zero-order valence-corrected chi connectivity index (χ0v) is 10.7. The van der Waals surface area contributed by atoms with E-state index in [4.69, 9.17) is 0 Å². The Morgan fingerprint density at radius 3 is 2.93 bits per heavy atom. The van der Waals surface area contributed by atoms with Gasteiger partial charge in [0.1, 0.15) is 0 Å². The molecule has 1 aromatic rings. The summed E-state index contributed by atoms with van der Waals surface area (Å²) in [5, 5.41) is 8.01. The van der Waals surface area contributed by atoms with Crippen LogP contribution in [-0.2, 0) is 7.05 Å². The Balaban J connectivity index is 2.54. The van der Waals surface area contributed by atoms with Gasteiger partial charge in [-0.2, -0.15) is 16.9 Å². The number of aromatic nitrogens is 2. The first-order valence-electron chi connectivity index (χ1n) is 5.49. The van der Waals surface area contributed by atoms with Gasteiger partial charge in [0, 0.05) is 13.2 Å². The second-order valence-electron chi connectivity index (χ2n) is 3.70. The van der Waals surface area contributed by atoms with E-state index in [9.17, 15) is 0 Å². The summed E-state index contributed by atoms with van der Waals surface area (Å²) in [5.74, 6) is 1.18. The van der Waals surface area contributed by atoms with Gasteiger partial charge >= 0.3 is 0 Å². The summed E-state index contributed by atoms with van der Waals surface area (Å²) in [6.45, 7) is 3.26. The topological polar surface area (TPSA) is 29.9 Å². The van der Waals surface area contributed by atoms with Gasteiger partial charge in [-0.3, -0.25) is 4.68 Å². The zero-order valence-electron chi connectivity index (χ0n) is 9.86. The lowest BCUT2D eigenvalue weighted by molar-refractivity contribution is 0.503. The summed E-state index contributed by atoms with van der Waals surface area (Å²) in [5.41, 5.74) is 1.17. The first-order chi connectivity index (χ1) is 7.27. The molecule has 0 saturated carbocycles. The summed E-state index contributed by atoms with van der Waals surface area (Å²) in [4.78, 5) is 0. The summed E-state index contributed by atoms with van der Waals surface area (Å²) in [6, 6.07) is 2.52. The van der Waals surface area contributed by atoms with Gasteiger partial charge in [0.15, 0.2) is 0 Å². The third-order valence-corrected chi connectivity index (χ3v) is 2.99. The summed E-state index contributed by atoms with van der Waals surface area (Å²) in [7, 11) is 1.97. The van der Waals surface area contributed by atoms with Gasteiger partial charge in [0.25, 0.3) is 0 Å². The first kappa shape index (κ1) is 12.6. The Morgan fingerprint density at radius 2 is 2.40 bits per heavy atom. The Hall–Kier alpha value is -0.480. The van der Waals surface area contributed by atoms with Gasteiger partial charge in [0.2, 0.25) is 0 Å². The van der Waals surface area contributed by atoms with E-state index >= 15 is 0 Å². The number of thioether (sulfide) groups is 1. The minimum Gasteiger partial charge on any atom is -0.309 e. The van der Waals surface area contributed by atoms with Crippen molar-refractivity contribution in [3.63, 3.8) is 0 Å². The van der Waals surface area contributed by atoms with Crippen LogP contribution in [0.15, 0.2) is 12.3 Å². The molecule has 1 aromatic heterocycles. The van der Waals surface area contributed by atoms with E-state index in [-0.39, 0.29) is 0 Å². The lowest BCUT2D eigenvalue weighted by Crippen LogP contribution is -2.23. The molecule has 15 heavy (non-hydrogen) atoms. The van der Waals surface area contributed by atoms with E-state index in [2.05, 4.69) is 29.7 Å². The molecule has 1 heterocycles. The number of hydrogen-bond donors (Lipinski definition) is 1. The van der Waals surface area contributed by atoms with Crippen molar-refractivity contribution in [1.82, 2.24) is 15.1 Å². The lowest BCUT2D eigenvalue weighted by atomic mass is 10.1. The van der Waals surface area contributed by atoms with Crippen molar-refractivity contribution in [2.75, 3.05) is 18.6 Å². The molecule has 0 aliphatic carbocycles. The number of hydrogen-bond acceptors (Lipinski definition) is 3. The summed E-state index contributed by atoms with van der Waals surface area (Å²) >= 11 is 1.89. The Bertz CT molecular complexity index is 265. The maximum Gasteiger partial charge on any atom is 0.0794 e. The monoisotopic (exact) mass is 227 g/mol. The smallest absolute Gasteiger partial charge is 0.0794 e. The van der Waals surface area contributed by atoms with Crippen LogP contribution in [0.1, 0.15) is 31.5 Å². The van der Waals surface area contributed by atoms with Gasteiger partial charge in [-0.05, 0) is 37.5 Å². The Labute approximate surface area is 96.6 Å². The van der Waals surface area contributed by atoms with E-state index in [0.717, 1.165) is 13.0 Å². The number of rotatable bonds is 7. The zero-order chi connectivity index (χ0) is 11.1. The van der Waals surface area contributed by atoms with E-state index < -0.39 is 0 Å². The SMILES string of the molecule is CCCNC(CCSC)c1ccn(C)n1. The van der Waals surface area contributed by atoms with Crippen molar-refractivity contribution in [3.05, 3.63) is 18.0 Å². The summed E-state index contributed by atoms with van der Waals surface area (Å²) in [6.07, 6.45) is 6.48. The minimum atomic E-state index is 0.415. The van der Waals surface area contributed by atoms with Crippen LogP contribution in [0.2, 0.25) is 0 Å². The van der Waals surface area contributed by atoms with Crippen molar-refractivity contribution < 1.29 is 0 Å². The average molecular weight is 227 g/mol. The number of nitrogens with zero attached hydrogens (tertiary/aromatic N) is 2. The second kappa shape index (κ2) is 6.90. The van der Waals surface area contributed by atoms with Gasteiger partial charge in [0.05, 0.1) is 11.7 Å². The predicted molar refractivity (Wildman–Crippen MR) is 67.2 cm³/mol. The van der Waals surface area contributed by atoms with Crippen LogP contribution in [0.5, 0.6) is 0 Å². The van der Waals surface area contributed by atoms with E-state index in [1.165, 1.54) is 17.9 Å². The average Bonchev–Trinajstić information content (AvgIpc) is 2.65. The fourth-order valence-electron chi connectivity index (χ4n) is 1.53. The Morgan fingerprint density at radius 1 is 1.60 bits per heavy atom. The molecular weight excluding hydrogens is 206 g/mol. The maximum atomic E-state index is 4.46. The highest BCUT2D eigenvalue weighted by Gasteiger charge is 2.12. The van der Waals surface area contributed by atoms with Crippen LogP contribution in [0, 0.1) is 0 Å². The van der Waals surface area contributed by atoms with Crippen LogP contribution in [0.25, 0.3) is 0 Å². The molecule has 0 spiro atoms. The van der Waals surface area contributed by atoms with Gasteiger partial charge in [-0.1, -0.05) is 6.92 Å². The second-order valence-corrected chi connectivity index (χ2v) is 4.69. The molecule has 0 radical (unpaired) electrons. The van der Waals surface area contributed by atoms with E-state index in [0.29, 0.717) is 6.04 Å². The molecule has 86 valence electrons. The molecule has 0 aromatic carbocycles. The van der Waals surface area contributed by atoms with Crippen LogP contribution < -0.4 is 5.32 Å². The normalized spacial score (nSPS) is 13.0. The molecule has 4 heteroatoms. The quantitative estimate of drug-likeness (QED) is 0.774. The largest absolute Gasteiger partial charge is 0.309 e. The molecule has 0 amide bonds. The third-order valence-electron chi connectivity index (χ3n) is 2.34. The molecule has 1 N–H and O–H groups in total. The van der Waals surface area contributed by atoms with Crippen molar-refractivity contribution in [2.45, 2.75) is 25.8 Å². The van der Waals surface area contributed by atoms with Crippen molar-refractivity contribution in [2.24, 2.45) is 7.05 Å². The van der Waals surface area contributed by atoms with Crippen LogP contribution in [-0.4, -0.2) is 28.3 Å². The molecule has 0 saturated heterocycles. The fourth-order valence-corrected chi connectivity index (χ4v) is 2.00. The predicted octanol–water partition coefficient (Wildman–Crippen LogP) is 2.21. The molecule has 1 atom stereocenters. The molecule has 0 aliphatic heterocycles. The highest BCUT2D eigenvalue weighted by molar-refractivity contribution is 7.98. The highest BCUT2D eigenvalue weighted by atomic mass is 32.2. The van der Waals surface area contributed by atoms with Gasteiger partial charge in [-0.25, -0.2) is 0 Å². The molecule has 0 bridgehead atoms. The van der Waals surface area contributed by atoms with Gasteiger partial charge < -0.3 is 5.32 Å². The molecule has 0 aliphatic rings. The molecule has 0 fully saturated rings. The number of nitrogens with one attached hydrogen (secondary N) is 1. The van der Waals surface area contributed by atoms with Crippen molar-refractivity contribution >= 4 is 11.8 Å². The Kier molecular flexibility index (Phi) is 5.79. The summed E-state index contributed by atoms with van der Waals surface area (Å²) < 4.78 is 1.87. The minimum absolute atomic E-state index is 0.415. The molecule has 1 rings (SSSR count). The third kappa shape index (κ3) is 4.26. The molecule has 3 nitrogen and oxygen atoms in total. The fraction of sp³-hybridized carbons (Fsp3) is 0.727. The van der Waals surface area contributed by atoms with Crippen molar-refractivity contribution in [3.8, 4) is 0 Å². The first-order valence-corrected chi connectivity index (χ1v) is 6.89. The van der Waals surface area contributed by atoms with Crippen molar-refractivity contribution in [1.29, 1.82) is 0 Å². The standard InChI is InChI=1S/C11H21N3S/c1-4-7-12-10(6-9-15-3)11-5-8-14(2)13-11/h5,8,10,12H,4,6-7,9H2,1-3H3. The molecular formula is C11H21N3S. The van der Waals surface area contributed by atoms with Gasteiger partial charge in [-0.15, -0.1) is 0 Å². The maximum absolute atomic E-state index is 4.46. The highest BCUT2D eigenvalue weighted by Crippen LogP contribution is 2.16. The van der Waals surface area contributed by atoms with E-state index in [1.807, 2.05) is 29.7 Å². The van der Waals surface area contributed by atoms with Crippen LogP contribution >= 0.6 is 11.8 Å². The lowest BCUT2D eigenvalue weighted by Gasteiger charge is -2.15. The number of aryl methyl sites for hydroxylation is 1. The molecule has 1 unspecified atom stereocenters. The van der Waals surface area contributed by atoms with E-state index in [1.54, 1.807) is 0 Å².